The van der Waals surface area contributed by atoms with Crippen LogP contribution < -0.4 is 5.32 Å². The molecular formula is C14H21ClFN. The third-order valence-corrected chi connectivity index (χ3v) is 3.36. The van der Waals surface area contributed by atoms with Crippen molar-refractivity contribution in [3.63, 3.8) is 0 Å². The van der Waals surface area contributed by atoms with Crippen LogP contribution in [0, 0.1) is 18.7 Å². The summed E-state index contributed by atoms with van der Waals surface area (Å²) in [6.07, 6.45) is 2.14. The monoisotopic (exact) mass is 257 g/mol. The predicted octanol–water partition coefficient (Wildman–Crippen LogP) is 4.48. The molecule has 96 valence electrons. The number of hydrogen-bond donors (Lipinski definition) is 1. The number of hydrogen-bond acceptors (Lipinski definition) is 1. The van der Waals surface area contributed by atoms with Gasteiger partial charge in [0.1, 0.15) is 5.82 Å². The first kappa shape index (κ1) is 14.5. The van der Waals surface area contributed by atoms with Gasteiger partial charge in [0.2, 0.25) is 0 Å². The summed E-state index contributed by atoms with van der Waals surface area (Å²) in [6, 6.07) is 3.45. The SMILES string of the molecule is CNC(CCC(C)C)c1cc(C)c(F)cc1Cl. The summed E-state index contributed by atoms with van der Waals surface area (Å²) in [5.74, 6) is 0.420. The molecule has 1 unspecified atom stereocenters. The number of nitrogens with one attached hydrogen (secondary N) is 1. The first-order chi connectivity index (χ1) is 7.95. The lowest BCUT2D eigenvalue weighted by Gasteiger charge is -2.19. The fourth-order valence-electron chi connectivity index (χ4n) is 1.90. The maximum atomic E-state index is 13.3. The van der Waals surface area contributed by atoms with Gasteiger partial charge in [-0.1, -0.05) is 31.5 Å². The van der Waals surface area contributed by atoms with E-state index in [0.29, 0.717) is 16.5 Å². The molecule has 0 fully saturated rings. The van der Waals surface area contributed by atoms with E-state index in [4.69, 9.17) is 11.6 Å². The number of rotatable bonds is 5. The molecule has 1 aromatic rings. The van der Waals surface area contributed by atoms with Crippen molar-refractivity contribution in [1.29, 1.82) is 0 Å². The van der Waals surface area contributed by atoms with Crippen LogP contribution >= 0.6 is 11.6 Å². The fraction of sp³-hybridized carbons (Fsp3) is 0.571. The second-order valence-electron chi connectivity index (χ2n) is 4.94. The standard InChI is InChI=1S/C14H21ClFN/c1-9(2)5-6-14(17-4)11-7-10(3)13(16)8-12(11)15/h7-9,14,17H,5-6H2,1-4H3. The first-order valence-corrected chi connectivity index (χ1v) is 6.46. The highest BCUT2D eigenvalue weighted by atomic mass is 35.5. The van der Waals surface area contributed by atoms with Crippen molar-refractivity contribution < 1.29 is 4.39 Å². The second kappa shape index (κ2) is 6.36. The molecule has 0 radical (unpaired) electrons. The van der Waals surface area contributed by atoms with Crippen LogP contribution in [0.2, 0.25) is 5.02 Å². The van der Waals surface area contributed by atoms with Crippen LogP contribution in [0.25, 0.3) is 0 Å². The van der Waals surface area contributed by atoms with Crippen LogP contribution in [0.15, 0.2) is 12.1 Å². The van der Waals surface area contributed by atoms with Gasteiger partial charge in [0.05, 0.1) is 0 Å². The lowest BCUT2D eigenvalue weighted by molar-refractivity contribution is 0.464. The molecular weight excluding hydrogens is 237 g/mol. The van der Waals surface area contributed by atoms with Gasteiger partial charge in [-0.05, 0) is 49.9 Å². The van der Waals surface area contributed by atoms with Gasteiger partial charge >= 0.3 is 0 Å². The number of benzene rings is 1. The van der Waals surface area contributed by atoms with Gasteiger partial charge in [0.15, 0.2) is 0 Å². The summed E-state index contributed by atoms with van der Waals surface area (Å²) >= 11 is 6.11. The molecule has 0 spiro atoms. The van der Waals surface area contributed by atoms with Crippen LogP contribution in [-0.4, -0.2) is 7.05 Å². The molecule has 0 bridgehead atoms. The topological polar surface area (TPSA) is 12.0 Å². The maximum Gasteiger partial charge on any atom is 0.127 e. The van der Waals surface area contributed by atoms with Crippen LogP contribution in [-0.2, 0) is 0 Å². The smallest absolute Gasteiger partial charge is 0.127 e. The quantitative estimate of drug-likeness (QED) is 0.820. The minimum atomic E-state index is -0.238. The van der Waals surface area contributed by atoms with E-state index < -0.39 is 0 Å². The Morgan fingerprint density at radius 1 is 1.29 bits per heavy atom. The maximum absolute atomic E-state index is 13.3. The van der Waals surface area contributed by atoms with E-state index in [0.717, 1.165) is 18.4 Å². The Balaban J connectivity index is 2.91. The molecule has 1 rings (SSSR count). The molecule has 1 nitrogen and oxygen atoms in total. The minimum absolute atomic E-state index is 0.198. The zero-order chi connectivity index (χ0) is 13.0. The van der Waals surface area contributed by atoms with Crippen LogP contribution in [0.4, 0.5) is 4.39 Å². The van der Waals surface area contributed by atoms with Crippen molar-refractivity contribution in [2.45, 2.75) is 39.7 Å². The van der Waals surface area contributed by atoms with Crippen molar-refractivity contribution in [1.82, 2.24) is 5.32 Å². The molecule has 1 N–H and O–H groups in total. The van der Waals surface area contributed by atoms with Crippen LogP contribution in [0.3, 0.4) is 0 Å². The lowest BCUT2D eigenvalue weighted by atomic mass is 9.96. The molecule has 0 aromatic heterocycles. The van der Waals surface area contributed by atoms with Gasteiger partial charge in [-0.25, -0.2) is 4.39 Å². The van der Waals surface area contributed by atoms with Gasteiger partial charge in [-0.2, -0.15) is 0 Å². The Hall–Kier alpha value is -0.600. The molecule has 0 aliphatic heterocycles. The van der Waals surface area contributed by atoms with E-state index in [-0.39, 0.29) is 11.9 Å². The van der Waals surface area contributed by atoms with Gasteiger partial charge in [-0.15, -0.1) is 0 Å². The fourth-order valence-corrected chi connectivity index (χ4v) is 2.18. The van der Waals surface area contributed by atoms with E-state index in [1.807, 2.05) is 13.1 Å². The highest BCUT2D eigenvalue weighted by Gasteiger charge is 2.15. The number of halogens is 2. The molecule has 0 aliphatic carbocycles. The zero-order valence-corrected chi connectivity index (χ0v) is 11.7. The minimum Gasteiger partial charge on any atom is -0.313 e. The number of aryl methyl sites for hydroxylation is 1. The van der Waals surface area contributed by atoms with E-state index in [2.05, 4.69) is 19.2 Å². The van der Waals surface area contributed by atoms with Crippen LogP contribution in [0.5, 0.6) is 0 Å². The molecule has 1 aromatic carbocycles. The first-order valence-electron chi connectivity index (χ1n) is 6.08. The third kappa shape index (κ3) is 3.97. The summed E-state index contributed by atoms with van der Waals surface area (Å²) in [5.41, 5.74) is 1.64. The Morgan fingerprint density at radius 2 is 1.94 bits per heavy atom. The van der Waals surface area contributed by atoms with Crippen molar-refractivity contribution >= 4 is 11.6 Å². The van der Waals surface area contributed by atoms with E-state index >= 15 is 0 Å². The van der Waals surface area contributed by atoms with Crippen molar-refractivity contribution in [3.05, 3.63) is 34.1 Å². The average molecular weight is 258 g/mol. The van der Waals surface area contributed by atoms with Gasteiger partial charge in [0, 0.05) is 11.1 Å². The molecule has 0 saturated carbocycles. The highest BCUT2D eigenvalue weighted by Crippen LogP contribution is 2.29. The molecule has 0 saturated heterocycles. The Kier molecular flexibility index (Phi) is 5.41. The van der Waals surface area contributed by atoms with Crippen molar-refractivity contribution in [2.24, 2.45) is 5.92 Å². The van der Waals surface area contributed by atoms with E-state index in [9.17, 15) is 4.39 Å². The molecule has 3 heteroatoms. The summed E-state index contributed by atoms with van der Waals surface area (Å²) in [5, 5.41) is 3.76. The molecule has 1 atom stereocenters. The highest BCUT2D eigenvalue weighted by molar-refractivity contribution is 6.31. The molecule has 0 heterocycles. The Bertz CT molecular complexity index is 377. The normalized spacial score (nSPS) is 13.1. The Labute approximate surface area is 108 Å². The predicted molar refractivity (Wildman–Crippen MR) is 72.0 cm³/mol. The third-order valence-electron chi connectivity index (χ3n) is 3.03. The van der Waals surface area contributed by atoms with Gasteiger partial charge < -0.3 is 5.32 Å². The molecule has 0 amide bonds. The van der Waals surface area contributed by atoms with Crippen molar-refractivity contribution in [2.75, 3.05) is 7.05 Å². The summed E-state index contributed by atoms with van der Waals surface area (Å²) in [4.78, 5) is 0. The summed E-state index contributed by atoms with van der Waals surface area (Å²) in [6.45, 7) is 6.17. The Morgan fingerprint density at radius 3 is 2.47 bits per heavy atom. The van der Waals surface area contributed by atoms with E-state index in [1.54, 1.807) is 6.92 Å². The molecule has 0 aliphatic rings. The van der Waals surface area contributed by atoms with Gasteiger partial charge in [0.25, 0.3) is 0 Å². The zero-order valence-electron chi connectivity index (χ0n) is 11.0. The van der Waals surface area contributed by atoms with Gasteiger partial charge in [-0.3, -0.25) is 0 Å². The largest absolute Gasteiger partial charge is 0.313 e. The molecule has 17 heavy (non-hydrogen) atoms. The second-order valence-corrected chi connectivity index (χ2v) is 5.34. The lowest BCUT2D eigenvalue weighted by Crippen LogP contribution is -2.17. The van der Waals surface area contributed by atoms with Crippen molar-refractivity contribution in [3.8, 4) is 0 Å². The average Bonchev–Trinajstić information content (AvgIpc) is 2.25. The van der Waals surface area contributed by atoms with Crippen LogP contribution in [0.1, 0.15) is 43.9 Å². The summed E-state index contributed by atoms with van der Waals surface area (Å²) in [7, 11) is 1.92. The van der Waals surface area contributed by atoms with E-state index in [1.165, 1.54) is 6.07 Å². The summed E-state index contributed by atoms with van der Waals surface area (Å²) < 4.78 is 13.3.